The first-order valence-electron chi connectivity index (χ1n) is 5.03. The highest BCUT2D eigenvalue weighted by Crippen LogP contribution is 2.27. The molecular weight excluding hydrogens is 254 g/mol. The largest absolute Gasteiger partial charge is 0.399 e. The first-order valence-corrected chi connectivity index (χ1v) is 5.03. The van der Waals surface area contributed by atoms with Gasteiger partial charge in [0.25, 0.3) is 5.69 Å². The van der Waals surface area contributed by atoms with Crippen LogP contribution in [-0.2, 0) is 0 Å². The van der Waals surface area contributed by atoms with E-state index in [1.165, 1.54) is 6.07 Å². The molecule has 6 heteroatoms. The van der Waals surface area contributed by atoms with Crippen molar-refractivity contribution in [2.45, 2.75) is 0 Å². The van der Waals surface area contributed by atoms with Crippen LogP contribution < -0.4 is 11.1 Å². The van der Waals surface area contributed by atoms with Crippen molar-refractivity contribution >= 4 is 35.2 Å². The fourth-order valence-electron chi connectivity index (χ4n) is 1.46. The normalized spacial score (nSPS) is 9.33. The number of nitrogens with one attached hydrogen (secondary N) is 1. The minimum atomic E-state index is -0.417. The van der Waals surface area contributed by atoms with Gasteiger partial charge in [-0.2, -0.15) is 0 Å². The number of hydrogen-bond acceptors (Lipinski definition) is 4. The third kappa shape index (κ3) is 3.11. The second kappa shape index (κ2) is 5.88. The Labute approximate surface area is 110 Å². The van der Waals surface area contributed by atoms with Crippen LogP contribution >= 0.6 is 12.4 Å². The summed E-state index contributed by atoms with van der Waals surface area (Å²) in [7, 11) is 0. The number of halogens is 1. The molecule has 0 radical (unpaired) electrons. The Bertz CT molecular complexity index is 543. The molecule has 0 saturated heterocycles. The Balaban J connectivity index is 0.00000162. The van der Waals surface area contributed by atoms with E-state index in [9.17, 15) is 10.1 Å². The number of nitrogen functional groups attached to an aromatic ring is 1. The maximum atomic E-state index is 10.8. The lowest BCUT2D eigenvalue weighted by molar-refractivity contribution is -0.383. The second-order valence-electron chi connectivity index (χ2n) is 3.52. The van der Waals surface area contributed by atoms with Gasteiger partial charge in [-0.25, -0.2) is 0 Å². The lowest BCUT2D eigenvalue weighted by Crippen LogP contribution is -1.96. The van der Waals surface area contributed by atoms with Gasteiger partial charge in [-0.1, -0.05) is 12.1 Å². The lowest BCUT2D eigenvalue weighted by atomic mass is 10.2. The zero-order valence-corrected chi connectivity index (χ0v) is 10.2. The quantitative estimate of drug-likeness (QED) is 0.507. The molecule has 2 aromatic carbocycles. The van der Waals surface area contributed by atoms with E-state index in [0.29, 0.717) is 11.4 Å². The number of benzene rings is 2. The first kappa shape index (κ1) is 13.8. The summed E-state index contributed by atoms with van der Waals surface area (Å²) < 4.78 is 0. The molecule has 0 saturated carbocycles. The number of nitro groups is 1. The van der Waals surface area contributed by atoms with Crippen LogP contribution in [0.3, 0.4) is 0 Å². The van der Waals surface area contributed by atoms with Crippen LogP contribution in [0.25, 0.3) is 0 Å². The smallest absolute Gasteiger partial charge is 0.292 e. The van der Waals surface area contributed by atoms with Crippen LogP contribution in [0.1, 0.15) is 0 Å². The summed E-state index contributed by atoms with van der Waals surface area (Å²) in [5, 5.41) is 13.8. The lowest BCUT2D eigenvalue weighted by Gasteiger charge is -2.06. The number of anilines is 3. The van der Waals surface area contributed by atoms with E-state index in [0.717, 1.165) is 5.69 Å². The van der Waals surface area contributed by atoms with Gasteiger partial charge in [-0.15, -0.1) is 12.4 Å². The Kier molecular flexibility index (Phi) is 4.51. The van der Waals surface area contributed by atoms with Crippen molar-refractivity contribution in [3.8, 4) is 0 Å². The van der Waals surface area contributed by atoms with Gasteiger partial charge in [0, 0.05) is 17.4 Å². The van der Waals surface area contributed by atoms with E-state index in [1.54, 1.807) is 42.5 Å². The molecule has 0 aliphatic rings. The summed E-state index contributed by atoms with van der Waals surface area (Å²) in [6.07, 6.45) is 0. The number of hydrogen-bond donors (Lipinski definition) is 2. The molecule has 94 valence electrons. The third-order valence-electron chi connectivity index (χ3n) is 2.29. The van der Waals surface area contributed by atoms with Crippen molar-refractivity contribution < 1.29 is 4.92 Å². The van der Waals surface area contributed by atoms with E-state index < -0.39 is 4.92 Å². The van der Waals surface area contributed by atoms with Gasteiger partial charge in [0.1, 0.15) is 5.69 Å². The van der Waals surface area contributed by atoms with E-state index in [4.69, 9.17) is 5.73 Å². The Hall–Kier alpha value is -2.27. The molecule has 2 aromatic rings. The van der Waals surface area contributed by atoms with Gasteiger partial charge in [0.2, 0.25) is 0 Å². The fraction of sp³-hybridized carbons (Fsp3) is 0. The number of nitro benzene ring substituents is 1. The summed E-state index contributed by atoms with van der Waals surface area (Å²) >= 11 is 0. The van der Waals surface area contributed by atoms with E-state index in [1.807, 2.05) is 0 Å². The predicted molar refractivity (Wildman–Crippen MR) is 74.5 cm³/mol. The summed E-state index contributed by atoms with van der Waals surface area (Å²) in [4.78, 5) is 10.4. The van der Waals surface area contributed by atoms with Gasteiger partial charge in [0.05, 0.1) is 4.92 Å². The Morgan fingerprint density at radius 2 is 1.67 bits per heavy atom. The molecule has 0 fully saturated rings. The Morgan fingerprint density at radius 3 is 2.28 bits per heavy atom. The van der Waals surface area contributed by atoms with Crippen molar-refractivity contribution in [1.29, 1.82) is 0 Å². The van der Waals surface area contributed by atoms with Gasteiger partial charge >= 0.3 is 0 Å². The monoisotopic (exact) mass is 265 g/mol. The highest BCUT2D eigenvalue weighted by Gasteiger charge is 2.11. The molecule has 0 unspecified atom stereocenters. The molecule has 0 aliphatic heterocycles. The maximum Gasteiger partial charge on any atom is 0.292 e. The van der Waals surface area contributed by atoms with E-state index in [2.05, 4.69) is 5.32 Å². The number of nitrogens with zero attached hydrogens (tertiary/aromatic N) is 1. The van der Waals surface area contributed by atoms with Crippen LogP contribution in [0.4, 0.5) is 22.7 Å². The van der Waals surface area contributed by atoms with Crippen molar-refractivity contribution in [3.05, 3.63) is 58.6 Å². The minimum Gasteiger partial charge on any atom is -0.399 e. The summed E-state index contributed by atoms with van der Waals surface area (Å²) in [6, 6.07) is 13.5. The van der Waals surface area contributed by atoms with Crippen molar-refractivity contribution in [2.24, 2.45) is 0 Å². The topological polar surface area (TPSA) is 81.2 Å². The molecule has 0 spiro atoms. The van der Waals surface area contributed by atoms with E-state index >= 15 is 0 Å². The number of rotatable bonds is 3. The highest BCUT2D eigenvalue weighted by atomic mass is 35.5. The van der Waals surface area contributed by atoms with Crippen LogP contribution in [0, 0.1) is 10.1 Å². The molecular formula is C12H12ClN3O2. The summed E-state index contributed by atoms with van der Waals surface area (Å²) in [6.45, 7) is 0. The van der Waals surface area contributed by atoms with Crippen molar-refractivity contribution in [3.63, 3.8) is 0 Å². The van der Waals surface area contributed by atoms with Crippen LogP contribution in [0.2, 0.25) is 0 Å². The fourth-order valence-corrected chi connectivity index (χ4v) is 1.46. The Morgan fingerprint density at radius 1 is 1.06 bits per heavy atom. The van der Waals surface area contributed by atoms with Crippen LogP contribution in [-0.4, -0.2) is 4.92 Å². The van der Waals surface area contributed by atoms with Gasteiger partial charge in [-0.3, -0.25) is 10.1 Å². The summed E-state index contributed by atoms with van der Waals surface area (Å²) in [5.74, 6) is 0. The first-order chi connectivity index (χ1) is 8.16. The molecule has 0 amide bonds. The molecule has 5 nitrogen and oxygen atoms in total. The standard InChI is InChI=1S/C12H11N3O2.ClH/c13-9-5-7-10(8-6-9)14-11-3-1-2-4-12(11)15(16)17;/h1-8,14H,13H2;1H. The molecule has 0 bridgehead atoms. The highest BCUT2D eigenvalue weighted by molar-refractivity contribution is 5.85. The molecule has 0 atom stereocenters. The zero-order chi connectivity index (χ0) is 12.3. The second-order valence-corrected chi connectivity index (χ2v) is 3.52. The number of para-hydroxylation sites is 2. The molecule has 18 heavy (non-hydrogen) atoms. The van der Waals surface area contributed by atoms with Crippen LogP contribution in [0.5, 0.6) is 0 Å². The molecule has 0 aliphatic carbocycles. The van der Waals surface area contributed by atoms with Crippen LogP contribution in [0.15, 0.2) is 48.5 Å². The average Bonchev–Trinajstić information content (AvgIpc) is 2.32. The molecule has 3 N–H and O–H groups in total. The maximum absolute atomic E-state index is 10.8. The third-order valence-corrected chi connectivity index (χ3v) is 2.29. The van der Waals surface area contributed by atoms with Gasteiger partial charge < -0.3 is 11.1 Å². The molecule has 0 heterocycles. The van der Waals surface area contributed by atoms with Crippen molar-refractivity contribution in [1.82, 2.24) is 0 Å². The molecule has 2 rings (SSSR count). The minimum absolute atomic E-state index is 0. The van der Waals surface area contributed by atoms with E-state index in [-0.39, 0.29) is 18.1 Å². The summed E-state index contributed by atoms with van der Waals surface area (Å²) in [5.41, 5.74) is 7.48. The predicted octanol–water partition coefficient (Wildman–Crippen LogP) is 3.34. The molecule has 0 aromatic heterocycles. The van der Waals surface area contributed by atoms with Gasteiger partial charge in [0.15, 0.2) is 0 Å². The number of nitrogens with two attached hydrogens (primary N) is 1. The van der Waals surface area contributed by atoms with Crippen molar-refractivity contribution in [2.75, 3.05) is 11.1 Å². The zero-order valence-electron chi connectivity index (χ0n) is 9.37. The average molecular weight is 266 g/mol. The van der Waals surface area contributed by atoms with Gasteiger partial charge in [-0.05, 0) is 30.3 Å². The SMILES string of the molecule is Cl.Nc1ccc(Nc2ccccc2[N+](=O)[O-])cc1.